The van der Waals surface area contributed by atoms with Gasteiger partial charge in [-0.3, -0.25) is 10.1 Å². The Morgan fingerprint density at radius 3 is 2.59 bits per heavy atom. The molecule has 0 aliphatic carbocycles. The lowest BCUT2D eigenvalue weighted by molar-refractivity contribution is -0.384. The second-order valence-electron chi connectivity index (χ2n) is 4.66. The predicted molar refractivity (Wildman–Crippen MR) is 63.0 cm³/mol. The van der Waals surface area contributed by atoms with Gasteiger partial charge in [0.25, 0.3) is 5.69 Å². The number of rotatable bonds is 3. The Kier molecular flexibility index (Phi) is 2.48. The summed E-state index contributed by atoms with van der Waals surface area (Å²) in [5.41, 5.74) is 1.05. The number of fused-ring (bicyclic) bond motifs is 2. The lowest BCUT2D eigenvalue weighted by atomic mass is 9.95. The fraction of sp³-hybridized carbons (Fsp3) is 0.500. The summed E-state index contributed by atoms with van der Waals surface area (Å²) in [5.74, 6) is 0. The first kappa shape index (κ1) is 10.5. The van der Waals surface area contributed by atoms with Gasteiger partial charge in [0.1, 0.15) is 0 Å². The number of anilines is 1. The lowest BCUT2D eigenvalue weighted by Gasteiger charge is -2.21. The van der Waals surface area contributed by atoms with Crippen LogP contribution >= 0.6 is 0 Å². The molecule has 0 amide bonds. The average Bonchev–Trinajstić information content (AvgIpc) is 2.91. The molecule has 1 aromatic rings. The fourth-order valence-corrected chi connectivity index (χ4v) is 2.68. The summed E-state index contributed by atoms with van der Waals surface area (Å²) in [5, 5.41) is 13.9. The molecule has 0 aromatic heterocycles. The van der Waals surface area contributed by atoms with Gasteiger partial charge in [-0.1, -0.05) is 0 Å². The molecule has 5 nitrogen and oxygen atoms in total. The van der Waals surface area contributed by atoms with Crippen LogP contribution in [0.5, 0.6) is 0 Å². The average molecular weight is 234 g/mol. The molecule has 3 atom stereocenters. The molecular formula is C12H14N2O3. The van der Waals surface area contributed by atoms with Gasteiger partial charge in [-0.2, -0.15) is 0 Å². The molecule has 0 radical (unpaired) electrons. The van der Waals surface area contributed by atoms with E-state index < -0.39 is 0 Å². The van der Waals surface area contributed by atoms with E-state index in [4.69, 9.17) is 4.74 Å². The van der Waals surface area contributed by atoms with E-state index in [2.05, 4.69) is 5.32 Å². The number of nitro benzene ring substituents is 1. The molecule has 90 valence electrons. The summed E-state index contributed by atoms with van der Waals surface area (Å²) in [6, 6.07) is 6.91. The van der Waals surface area contributed by atoms with Crippen molar-refractivity contribution >= 4 is 11.4 Å². The number of ether oxygens (including phenoxy) is 1. The fourth-order valence-electron chi connectivity index (χ4n) is 2.68. The van der Waals surface area contributed by atoms with E-state index >= 15 is 0 Å². The molecule has 2 aliphatic rings. The Morgan fingerprint density at radius 2 is 2.06 bits per heavy atom. The molecule has 17 heavy (non-hydrogen) atoms. The molecule has 2 bridgehead atoms. The first-order chi connectivity index (χ1) is 8.22. The van der Waals surface area contributed by atoms with Crippen LogP contribution in [-0.2, 0) is 4.74 Å². The van der Waals surface area contributed by atoms with Crippen molar-refractivity contribution in [3.8, 4) is 0 Å². The van der Waals surface area contributed by atoms with E-state index in [0.29, 0.717) is 18.2 Å². The molecule has 1 aromatic carbocycles. The Bertz CT molecular complexity index is 432. The highest BCUT2D eigenvalue weighted by Crippen LogP contribution is 2.36. The second-order valence-corrected chi connectivity index (χ2v) is 4.66. The van der Waals surface area contributed by atoms with Crippen molar-refractivity contribution < 1.29 is 9.66 Å². The lowest BCUT2D eigenvalue weighted by Crippen LogP contribution is -2.30. The van der Waals surface area contributed by atoms with E-state index in [9.17, 15) is 10.1 Å². The van der Waals surface area contributed by atoms with Crippen molar-refractivity contribution in [3.63, 3.8) is 0 Å². The van der Waals surface area contributed by atoms with E-state index in [1.165, 1.54) is 18.6 Å². The van der Waals surface area contributed by atoms with E-state index in [1.807, 2.05) is 0 Å². The van der Waals surface area contributed by atoms with Gasteiger partial charge in [-0.05, 0) is 31.4 Å². The zero-order valence-corrected chi connectivity index (χ0v) is 9.33. The molecule has 1 N–H and O–H groups in total. The number of nitrogens with zero attached hydrogens (tertiary/aromatic N) is 1. The van der Waals surface area contributed by atoms with Crippen LogP contribution in [0.3, 0.4) is 0 Å². The molecule has 3 rings (SSSR count). The SMILES string of the molecule is O=[N+]([O-])c1ccc(NC2CC3CCC2O3)cc1. The standard InChI is InChI=1S/C12H14N2O3/c15-14(16)9-3-1-8(2-4-9)13-11-7-10-5-6-12(11)17-10/h1-4,10-13H,5-7H2. The third kappa shape index (κ3) is 1.98. The third-order valence-electron chi connectivity index (χ3n) is 3.54. The molecule has 3 unspecified atom stereocenters. The molecule has 2 aliphatic heterocycles. The van der Waals surface area contributed by atoms with Crippen LogP contribution in [0.2, 0.25) is 0 Å². The Morgan fingerprint density at radius 1 is 1.29 bits per heavy atom. The maximum atomic E-state index is 10.5. The number of nitro groups is 1. The highest BCUT2D eigenvalue weighted by molar-refractivity contribution is 5.49. The van der Waals surface area contributed by atoms with E-state index in [0.717, 1.165) is 18.5 Å². The number of hydrogen-bond donors (Lipinski definition) is 1. The summed E-state index contributed by atoms with van der Waals surface area (Å²) in [7, 11) is 0. The Labute approximate surface area is 98.9 Å². The Hall–Kier alpha value is -1.62. The van der Waals surface area contributed by atoms with Crippen LogP contribution in [0.25, 0.3) is 0 Å². The third-order valence-corrected chi connectivity index (χ3v) is 3.54. The van der Waals surface area contributed by atoms with Gasteiger partial charge in [0.05, 0.1) is 23.2 Å². The van der Waals surface area contributed by atoms with Crippen LogP contribution in [-0.4, -0.2) is 23.2 Å². The first-order valence-corrected chi connectivity index (χ1v) is 5.89. The van der Waals surface area contributed by atoms with Gasteiger partial charge in [-0.25, -0.2) is 0 Å². The minimum Gasteiger partial charge on any atom is -0.380 e. The number of nitrogens with one attached hydrogen (secondary N) is 1. The minimum absolute atomic E-state index is 0.125. The molecular weight excluding hydrogens is 220 g/mol. The number of benzene rings is 1. The predicted octanol–water partition coefficient (Wildman–Crippen LogP) is 2.33. The van der Waals surface area contributed by atoms with Gasteiger partial charge in [0.2, 0.25) is 0 Å². The summed E-state index contributed by atoms with van der Waals surface area (Å²) >= 11 is 0. The van der Waals surface area contributed by atoms with Gasteiger partial charge in [-0.15, -0.1) is 0 Å². The van der Waals surface area contributed by atoms with Crippen LogP contribution in [0.1, 0.15) is 19.3 Å². The topological polar surface area (TPSA) is 64.4 Å². The van der Waals surface area contributed by atoms with Crippen LogP contribution in [0.15, 0.2) is 24.3 Å². The smallest absolute Gasteiger partial charge is 0.269 e. The van der Waals surface area contributed by atoms with Crippen LogP contribution < -0.4 is 5.32 Å². The van der Waals surface area contributed by atoms with Crippen molar-refractivity contribution in [1.29, 1.82) is 0 Å². The van der Waals surface area contributed by atoms with Crippen molar-refractivity contribution in [1.82, 2.24) is 0 Å². The summed E-state index contributed by atoms with van der Waals surface area (Å²) in [4.78, 5) is 10.1. The second kappa shape index (κ2) is 4.00. The zero-order chi connectivity index (χ0) is 11.8. The van der Waals surface area contributed by atoms with Crippen molar-refractivity contribution in [2.45, 2.75) is 37.5 Å². The summed E-state index contributed by atoms with van der Waals surface area (Å²) < 4.78 is 5.75. The van der Waals surface area contributed by atoms with Crippen molar-refractivity contribution in [3.05, 3.63) is 34.4 Å². The van der Waals surface area contributed by atoms with E-state index in [-0.39, 0.29) is 10.6 Å². The molecule has 0 spiro atoms. The van der Waals surface area contributed by atoms with Crippen molar-refractivity contribution in [2.24, 2.45) is 0 Å². The molecule has 0 saturated carbocycles. The highest BCUT2D eigenvalue weighted by Gasteiger charge is 2.40. The Balaban J connectivity index is 1.67. The quantitative estimate of drug-likeness (QED) is 0.644. The maximum absolute atomic E-state index is 10.5. The normalized spacial score (nSPS) is 30.5. The molecule has 2 fully saturated rings. The molecule has 2 saturated heterocycles. The largest absolute Gasteiger partial charge is 0.380 e. The molecule has 5 heteroatoms. The van der Waals surface area contributed by atoms with Crippen molar-refractivity contribution in [2.75, 3.05) is 5.32 Å². The highest BCUT2D eigenvalue weighted by atomic mass is 16.6. The van der Waals surface area contributed by atoms with Gasteiger partial charge in [0, 0.05) is 17.8 Å². The van der Waals surface area contributed by atoms with Crippen LogP contribution in [0, 0.1) is 10.1 Å². The number of non-ortho nitro benzene ring substituents is 1. The number of hydrogen-bond acceptors (Lipinski definition) is 4. The first-order valence-electron chi connectivity index (χ1n) is 5.89. The van der Waals surface area contributed by atoms with Gasteiger partial charge < -0.3 is 10.1 Å². The summed E-state index contributed by atoms with van der Waals surface area (Å²) in [6.07, 6.45) is 4.06. The van der Waals surface area contributed by atoms with E-state index in [1.54, 1.807) is 12.1 Å². The minimum atomic E-state index is -0.385. The maximum Gasteiger partial charge on any atom is 0.269 e. The van der Waals surface area contributed by atoms with Gasteiger partial charge >= 0.3 is 0 Å². The summed E-state index contributed by atoms with van der Waals surface area (Å²) in [6.45, 7) is 0. The zero-order valence-electron chi connectivity index (χ0n) is 9.33. The van der Waals surface area contributed by atoms with Crippen LogP contribution in [0.4, 0.5) is 11.4 Å². The monoisotopic (exact) mass is 234 g/mol. The molecule has 2 heterocycles. The van der Waals surface area contributed by atoms with Gasteiger partial charge in [0.15, 0.2) is 0 Å².